The first-order chi connectivity index (χ1) is 18.5. The molecule has 0 bridgehead atoms. The van der Waals surface area contributed by atoms with Crippen LogP contribution in [0.1, 0.15) is 37.6 Å². The summed E-state index contributed by atoms with van der Waals surface area (Å²) in [4.78, 5) is 44.3. The number of rotatable bonds is 7. The Morgan fingerprint density at radius 1 is 0.921 bits per heavy atom. The van der Waals surface area contributed by atoms with E-state index in [-0.39, 0.29) is 18.3 Å². The smallest absolute Gasteiger partial charge is 0.311 e. The van der Waals surface area contributed by atoms with Crippen LogP contribution in [0.5, 0.6) is 0 Å². The predicted octanol–water partition coefficient (Wildman–Crippen LogP) is 5.40. The molecule has 4 aromatic rings. The maximum absolute atomic E-state index is 14.0. The van der Waals surface area contributed by atoms with Crippen LogP contribution >= 0.6 is 22.7 Å². The molecular formula is C29H25FN2O4S2. The number of carbonyl (C=O) groups excluding carboxylic acids is 3. The Labute approximate surface area is 227 Å². The van der Waals surface area contributed by atoms with E-state index in [1.807, 2.05) is 47.8 Å². The van der Waals surface area contributed by atoms with Gasteiger partial charge in [0.25, 0.3) is 5.91 Å². The second-order valence-corrected chi connectivity index (χ2v) is 10.9. The summed E-state index contributed by atoms with van der Waals surface area (Å²) in [6, 6.07) is 20.7. The molecule has 2 aromatic carbocycles. The summed E-state index contributed by atoms with van der Waals surface area (Å²) < 4.78 is 18.7. The molecule has 0 radical (unpaired) electrons. The average molecular weight is 549 g/mol. The molecule has 6 nitrogen and oxygen atoms in total. The molecule has 0 saturated carbocycles. The van der Waals surface area contributed by atoms with Crippen molar-refractivity contribution >= 4 is 40.5 Å². The lowest BCUT2D eigenvalue weighted by atomic mass is 9.81. The van der Waals surface area contributed by atoms with E-state index in [2.05, 4.69) is 5.32 Å². The minimum atomic E-state index is -0.997. The lowest BCUT2D eigenvalue weighted by Crippen LogP contribution is -2.48. The number of likely N-dealkylation sites (tertiary alicyclic amines) is 1. The molecule has 2 aromatic heterocycles. The van der Waals surface area contributed by atoms with E-state index < -0.39 is 35.8 Å². The first-order valence-electron chi connectivity index (χ1n) is 12.0. The Balaban J connectivity index is 1.63. The molecule has 38 heavy (non-hydrogen) atoms. The maximum atomic E-state index is 14.0. The van der Waals surface area contributed by atoms with Crippen LogP contribution in [0.4, 0.5) is 4.39 Å². The highest BCUT2D eigenvalue weighted by Gasteiger charge is 2.58. The lowest BCUT2D eigenvalue weighted by Gasteiger charge is -2.30. The standard InChI is InChI=1S/C29H25FN2O4S2/c1-36-29(35)24-23(19-7-3-2-4-8-19)26(27(33)31-17-18-11-13-20(30)14-12-18)32(25(24)21-9-5-15-37-21)28(34)22-10-6-16-38-22/h2-16,23-26H,17H2,1H3,(H,31,33). The highest BCUT2D eigenvalue weighted by atomic mass is 32.1. The van der Waals surface area contributed by atoms with Crippen LogP contribution < -0.4 is 5.32 Å². The summed E-state index contributed by atoms with van der Waals surface area (Å²) in [5, 5.41) is 6.62. The van der Waals surface area contributed by atoms with Crippen LogP contribution in [0.3, 0.4) is 0 Å². The Kier molecular flexibility index (Phi) is 7.67. The van der Waals surface area contributed by atoms with Crippen molar-refractivity contribution < 1.29 is 23.5 Å². The van der Waals surface area contributed by atoms with Crippen molar-refractivity contribution in [2.75, 3.05) is 7.11 Å². The Morgan fingerprint density at radius 3 is 2.26 bits per heavy atom. The van der Waals surface area contributed by atoms with Gasteiger partial charge in [0.1, 0.15) is 11.9 Å². The molecule has 4 unspecified atom stereocenters. The van der Waals surface area contributed by atoms with E-state index >= 15 is 0 Å². The molecule has 1 saturated heterocycles. The first-order valence-corrected chi connectivity index (χ1v) is 13.8. The van der Waals surface area contributed by atoms with Gasteiger partial charge in [-0.2, -0.15) is 0 Å². The number of amides is 2. The van der Waals surface area contributed by atoms with Crippen LogP contribution in [-0.4, -0.2) is 35.8 Å². The fourth-order valence-corrected chi connectivity index (χ4v) is 6.67. The largest absolute Gasteiger partial charge is 0.469 e. The van der Waals surface area contributed by atoms with E-state index in [1.54, 1.807) is 34.5 Å². The molecule has 1 N–H and O–H groups in total. The van der Waals surface area contributed by atoms with Crippen LogP contribution in [0.15, 0.2) is 89.6 Å². The molecule has 5 rings (SSSR count). The van der Waals surface area contributed by atoms with Gasteiger partial charge in [-0.1, -0.05) is 54.6 Å². The third-order valence-corrected chi connectivity index (χ3v) is 8.58. The van der Waals surface area contributed by atoms with E-state index in [9.17, 15) is 18.8 Å². The van der Waals surface area contributed by atoms with Gasteiger partial charge in [-0.25, -0.2) is 4.39 Å². The van der Waals surface area contributed by atoms with Gasteiger partial charge in [-0.05, 0) is 46.2 Å². The zero-order chi connectivity index (χ0) is 26.6. The van der Waals surface area contributed by atoms with Crippen molar-refractivity contribution in [3.05, 3.63) is 116 Å². The van der Waals surface area contributed by atoms with E-state index in [0.717, 1.165) is 10.4 Å². The molecule has 1 aliphatic rings. The fourth-order valence-electron chi connectivity index (χ4n) is 5.13. The number of halogens is 1. The molecule has 1 fully saturated rings. The SMILES string of the molecule is COC(=O)C1C(c2ccccc2)C(C(=O)NCc2ccc(F)cc2)N(C(=O)c2cccs2)C1c1cccs1. The van der Waals surface area contributed by atoms with Crippen molar-refractivity contribution in [3.63, 3.8) is 0 Å². The number of nitrogens with one attached hydrogen (secondary N) is 1. The molecule has 1 aliphatic heterocycles. The number of ether oxygens (including phenoxy) is 1. The topological polar surface area (TPSA) is 75.7 Å². The predicted molar refractivity (Wildman–Crippen MR) is 144 cm³/mol. The highest BCUT2D eigenvalue weighted by molar-refractivity contribution is 7.12. The van der Waals surface area contributed by atoms with Gasteiger partial charge >= 0.3 is 5.97 Å². The first kappa shape index (κ1) is 25.8. The Bertz CT molecular complexity index is 1390. The van der Waals surface area contributed by atoms with Crippen LogP contribution in [0.25, 0.3) is 0 Å². The molecular weight excluding hydrogens is 523 g/mol. The van der Waals surface area contributed by atoms with Gasteiger partial charge in [-0.15, -0.1) is 22.7 Å². The Morgan fingerprint density at radius 2 is 1.63 bits per heavy atom. The summed E-state index contributed by atoms with van der Waals surface area (Å²) in [7, 11) is 1.32. The number of thiophene rings is 2. The van der Waals surface area contributed by atoms with Crippen molar-refractivity contribution in [3.8, 4) is 0 Å². The summed E-state index contributed by atoms with van der Waals surface area (Å²) >= 11 is 2.71. The number of hydrogen-bond donors (Lipinski definition) is 1. The quantitative estimate of drug-likeness (QED) is 0.314. The van der Waals surface area contributed by atoms with Crippen LogP contribution in [-0.2, 0) is 20.9 Å². The summed E-state index contributed by atoms with van der Waals surface area (Å²) in [5.74, 6) is -3.06. The fraction of sp³-hybridized carbons (Fsp3) is 0.207. The van der Waals surface area contributed by atoms with Gasteiger partial charge in [-0.3, -0.25) is 14.4 Å². The summed E-state index contributed by atoms with van der Waals surface area (Å²) in [5.41, 5.74) is 1.47. The molecule has 9 heteroatoms. The average Bonchev–Trinajstić information content (AvgIpc) is 3.72. The van der Waals surface area contributed by atoms with E-state index in [0.29, 0.717) is 10.4 Å². The summed E-state index contributed by atoms with van der Waals surface area (Å²) in [6.07, 6.45) is 0. The number of hydrogen-bond acceptors (Lipinski definition) is 6. The van der Waals surface area contributed by atoms with E-state index in [1.165, 1.54) is 41.9 Å². The van der Waals surface area contributed by atoms with Gasteiger partial charge in [0.05, 0.1) is 23.9 Å². The lowest BCUT2D eigenvalue weighted by molar-refractivity contribution is -0.146. The van der Waals surface area contributed by atoms with Gasteiger partial charge in [0.2, 0.25) is 5.91 Å². The minimum absolute atomic E-state index is 0.144. The van der Waals surface area contributed by atoms with Gasteiger partial charge in [0.15, 0.2) is 0 Å². The normalized spacial score (nSPS) is 20.7. The molecule has 0 spiro atoms. The van der Waals surface area contributed by atoms with Gasteiger partial charge < -0.3 is 15.0 Å². The third-order valence-electron chi connectivity index (χ3n) is 6.77. The van der Waals surface area contributed by atoms with Gasteiger partial charge in [0, 0.05) is 17.3 Å². The monoisotopic (exact) mass is 548 g/mol. The molecule has 194 valence electrons. The number of methoxy groups -OCH3 is 1. The molecule has 3 heterocycles. The zero-order valence-corrected chi connectivity index (χ0v) is 22.1. The second kappa shape index (κ2) is 11.3. The number of nitrogens with zero attached hydrogens (tertiary/aromatic N) is 1. The molecule has 4 atom stereocenters. The van der Waals surface area contributed by atoms with Crippen molar-refractivity contribution in [2.45, 2.75) is 24.5 Å². The zero-order valence-electron chi connectivity index (χ0n) is 20.5. The summed E-state index contributed by atoms with van der Waals surface area (Å²) in [6.45, 7) is 0.144. The Hall–Kier alpha value is -3.82. The van der Waals surface area contributed by atoms with Crippen molar-refractivity contribution in [1.82, 2.24) is 10.2 Å². The van der Waals surface area contributed by atoms with Crippen molar-refractivity contribution in [1.29, 1.82) is 0 Å². The minimum Gasteiger partial charge on any atom is -0.469 e. The number of benzene rings is 2. The third kappa shape index (κ3) is 4.99. The maximum Gasteiger partial charge on any atom is 0.311 e. The number of esters is 1. The van der Waals surface area contributed by atoms with Crippen molar-refractivity contribution in [2.24, 2.45) is 5.92 Å². The van der Waals surface area contributed by atoms with Crippen LogP contribution in [0, 0.1) is 11.7 Å². The molecule has 2 amide bonds. The highest BCUT2D eigenvalue weighted by Crippen LogP contribution is 2.52. The van der Waals surface area contributed by atoms with E-state index in [4.69, 9.17) is 4.74 Å². The number of carbonyl (C=O) groups is 3. The van der Waals surface area contributed by atoms with Crippen LogP contribution in [0.2, 0.25) is 0 Å². The second-order valence-electron chi connectivity index (χ2n) is 8.92. The molecule has 0 aliphatic carbocycles.